The second kappa shape index (κ2) is 6.20. The Balaban J connectivity index is 2.04. The predicted octanol–water partition coefficient (Wildman–Crippen LogP) is 3.17. The van der Waals surface area contributed by atoms with Gasteiger partial charge in [0.25, 0.3) is 0 Å². The molecule has 0 fully saturated rings. The molecule has 20 heavy (non-hydrogen) atoms. The molecule has 5 heteroatoms. The maximum Gasteiger partial charge on any atom is 0.513 e. The molecule has 2 aromatic carbocycles. The summed E-state index contributed by atoms with van der Waals surface area (Å²) in [5, 5.41) is 0. The predicted molar refractivity (Wildman–Crippen MR) is 74.0 cm³/mol. The maximum atomic E-state index is 12.8. The van der Waals surface area contributed by atoms with Crippen LogP contribution in [0.15, 0.2) is 54.6 Å². The summed E-state index contributed by atoms with van der Waals surface area (Å²) < 4.78 is 43.4. The van der Waals surface area contributed by atoms with Crippen molar-refractivity contribution in [1.82, 2.24) is 0 Å². The average Bonchev–Trinajstić information content (AvgIpc) is 2.44. The fourth-order valence-electron chi connectivity index (χ4n) is 1.66. The van der Waals surface area contributed by atoms with Gasteiger partial charge in [-0.05, 0) is 18.2 Å². The first-order valence-electron chi connectivity index (χ1n) is 6.03. The first-order valence-corrected chi connectivity index (χ1v) is 6.03. The molecule has 0 heterocycles. The highest BCUT2D eigenvalue weighted by Crippen LogP contribution is 2.17. The minimum absolute atomic E-state index is 0.0853. The highest BCUT2D eigenvalue weighted by atomic mass is 19.4. The third kappa shape index (κ3) is 3.82. The van der Waals surface area contributed by atoms with Crippen molar-refractivity contribution in [3.63, 3.8) is 0 Å². The number of para-hydroxylation sites is 1. The van der Waals surface area contributed by atoms with Crippen molar-refractivity contribution >= 4 is 12.4 Å². The summed E-state index contributed by atoms with van der Waals surface area (Å²) in [5.74, 6) is 5.34. The molecule has 0 aliphatic carbocycles. The Morgan fingerprint density at radius 2 is 1.55 bits per heavy atom. The van der Waals surface area contributed by atoms with Crippen LogP contribution in [-0.4, -0.2) is 13.6 Å². The molecule has 0 saturated heterocycles. The van der Waals surface area contributed by atoms with E-state index in [1.807, 2.05) is 30.3 Å². The largest absolute Gasteiger partial charge is 0.513 e. The van der Waals surface area contributed by atoms with Gasteiger partial charge in [-0.3, -0.25) is 0 Å². The Morgan fingerprint density at radius 1 is 0.900 bits per heavy atom. The van der Waals surface area contributed by atoms with Crippen molar-refractivity contribution in [2.24, 2.45) is 0 Å². The molecule has 2 aromatic rings. The molecular formula is C15H11BF3O-. The summed E-state index contributed by atoms with van der Waals surface area (Å²) in [6.07, 6.45) is 0. The Kier molecular flexibility index (Phi) is 4.36. The highest BCUT2D eigenvalue weighted by molar-refractivity contribution is 6.74. The Morgan fingerprint density at radius 3 is 2.25 bits per heavy atom. The number of hydrogen-bond acceptors (Lipinski definition) is 1. The fourth-order valence-corrected chi connectivity index (χ4v) is 1.66. The van der Waals surface area contributed by atoms with Crippen LogP contribution in [0.1, 0.15) is 5.56 Å². The van der Waals surface area contributed by atoms with Gasteiger partial charge in [-0.25, -0.2) is 0 Å². The number of benzene rings is 2. The standard InChI is InChI=1S/C15H11BF3O/c17-16(18,19)14-10-4-5-11-15(14)20-12-6-9-13-7-2-1-3-8-13/h1-5,7-8,10-11H,12H2/q-1. The summed E-state index contributed by atoms with van der Waals surface area (Å²) in [6.45, 7) is -5.16. The lowest BCUT2D eigenvalue weighted by Gasteiger charge is -2.18. The Bertz CT molecular complexity index is 627. The summed E-state index contributed by atoms with van der Waals surface area (Å²) in [6, 6.07) is 14.3. The molecule has 0 N–H and O–H groups in total. The maximum absolute atomic E-state index is 12.8. The molecular weight excluding hydrogens is 264 g/mol. The minimum Gasteiger partial charge on any atom is -0.484 e. The van der Waals surface area contributed by atoms with Gasteiger partial charge >= 0.3 is 6.98 Å². The molecule has 0 aliphatic rings. The molecule has 2 rings (SSSR count). The summed E-state index contributed by atoms with van der Waals surface area (Å²) >= 11 is 0. The van der Waals surface area contributed by atoms with E-state index < -0.39 is 12.4 Å². The highest BCUT2D eigenvalue weighted by Gasteiger charge is 2.28. The van der Waals surface area contributed by atoms with Crippen molar-refractivity contribution in [1.29, 1.82) is 0 Å². The molecule has 0 atom stereocenters. The van der Waals surface area contributed by atoms with Crippen LogP contribution in [0.3, 0.4) is 0 Å². The topological polar surface area (TPSA) is 9.23 Å². The second-order valence-corrected chi connectivity index (χ2v) is 4.07. The fraction of sp³-hybridized carbons (Fsp3) is 0.0667. The van der Waals surface area contributed by atoms with Crippen LogP contribution in [-0.2, 0) is 0 Å². The number of hydrogen-bond donors (Lipinski definition) is 0. The van der Waals surface area contributed by atoms with E-state index in [0.717, 1.165) is 11.6 Å². The zero-order valence-corrected chi connectivity index (χ0v) is 10.5. The molecule has 102 valence electrons. The van der Waals surface area contributed by atoms with Crippen molar-refractivity contribution < 1.29 is 17.7 Å². The zero-order chi connectivity index (χ0) is 14.4. The van der Waals surface area contributed by atoms with Crippen LogP contribution in [0, 0.1) is 11.8 Å². The third-order valence-electron chi connectivity index (χ3n) is 2.58. The van der Waals surface area contributed by atoms with Gasteiger partial charge in [0.05, 0.1) is 5.75 Å². The van der Waals surface area contributed by atoms with Crippen molar-refractivity contribution in [2.75, 3.05) is 6.61 Å². The summed E-state index contributed by atoms with van der Waals surface area (Å²) in [5.41, 5.74) is 0.0680. The SMILES string of the molecule is F[B-](F)(F)c1ccccc1OCC#Cc1ccccc1. The minimum atomic E-state index is -5.08. The first kappa shape index (κ1) is 14.1. The van der Waals surface area contributed by atoms with Gasteiger partial charge in [0, 0.05) is 5.56 Å². The van der Waals surface area contributed by atoms with Gasteiger partial charge < -0.3 is 17.7 Å². The van der Waals surface area contributed by atoms with Crippen LogP contribution in [0.5, 0.6) is 5.75 Å². The molecule has 0 bridgehead atoms. The van der Waals surface area contributed by atoms with E-state index in [9.17, 15) is 12.9 Å². The normalized spacial score (nSPS) is 10.6. The van der Waals surface area contributed by atoms with Gasteiger partial charge in [-0.1, -0.05) is 53.7 Å². The van der Waals surface area contributed by atoms with Gasteiger partial charge in [-0.15, -0.1) is 0 Å². The molecule has 0 aromatic heterocycles. The van der Waals surface area contributed by atoms with Crippen molar-refractivity contribution in [3.05, 3.63) is 60.2 Å². The molecule has 0 radical (unpaired) electrons. The molecule has 0 spiro atoms. The van der Waals surface area contributed by atoms with Gasteiger partial charge in [-0.2, -0.15) is 0 Å². The molecule has 0 saturated carbocycles. The number of rotatable bonds is 3. The molecule has 0 unspecified atom stereocenters. The van der Waals surface area contributed by atoms with Gasteiger partial charge in [0.1, 0.15) is 6.61 Å². The van der Waals surface area contributed by atoms with E-state index in [1.165, 1.54) is 18.2 Å². The van der Waals surface area contributed by atoms with Crippen LogP contribution < -0.4 is 10.2 Å². The van der Waals surface area contributed by atoms with Crippen LogP contribution in [0.25, 0.3) is 0 Å². The lowest BCUT2D eigenvalue weighted by molar-refractivity contribution is 0.370. The quantitative estimate of drug-likeness (QED) is 0.617. The molecule has 1 nitrogen and oxygen atoms in total. The number of halogens is 3. The summed E-state index contributed by atoms with van der Waals surface area (Å²) in [7, 11) is 0. The monoisotopic (exact) mass is 275 g/mol. The van der Waals surface area contributed by atoms with Crippen LogP contribution >= 0.6 is 0 Å². The molecule has 0 aliphatic heterocycles. The zero-order valence-electron chi connectivity index (χ0n) is 10.5. The average molecular weight is 275 g/mol. The molecule has 0 amide bonds. The van der Waals surface area contributed by atoms with E-state index in [1.54, 1.807) is 0 Å². The lowest BCUT2D eigenvalue weighted by Crippen LogP contribution is -2.35. The lowest BCUT2D eigenvalue weighted by atomic mass is 9.79. The Labute approximate surface area is 115 Å². The van der Waals surface area contributed by atoms with Crippen LogP contribution in [0.4, 0.5) is 12.9 Å². The van der Waals surface area contributed by atoms with E-state index >= 15 is 0 Å². The van der Waals surface area contributed by atoms with E-state index in [2.05, 4.69) is 11.8 Å². The second-order valence-electron chi connectivity index (χ2n) is 4.07. The van der Waals surface area contributed by atoms with Gasteiger partial charge in [0.2, 0.25) is 0 Å². The summed E-state index contributed by atoms with van der Waals surface area (Å²) in [4.78, 5) is 0. The van der Waals surface area contributed by atoms with E-state index in [0.29, 0.717) is 0 Å². The third-order valence-corrected chi connectivity index (χ3v) is 2.58. The van der Waals surface area contributed by atoms with Crippen molar-refractivity contribution in [3.8, 4) is 17.6 Å². The van der Waals surface area contributed by atoms with Crippen molar-refractivity contribution in [2.45, 2.75) is 0 Å². The number of ether oxygens (including phenoxy) is 1. The van der Waals surface area contributed by atoms with Gasteiger partial charge in [0.15, 0.2) is 0 Å². The van der Waals surface area contributed by atoms with E-state index in [-0.39, 0.29) is 12.4 Å². The van der Waals surface area contributed by atoms with E-state index in [4.69, 9.17) is 4.74 Å². The smallest absolute Gasteiger partial charge is 0.484 e. The Hall–Kier alpha value is -2.35. The first-order chi connectivity index (χ1) is 9.57. The van der Waals surface area contributed by atoms with Crippen LogP contribution in [0.2, 0.25) is 0 Å².